The molecule has 17 heavy (non-hydrogen) atoms. The molecule has 1 atom stereocenters. The van der Waals surface area contributed by atoms with Gasteiger partial charge in [0.25, 0.3) is 0 Å². The van der Waals surface area contributed by atoms with Crippen LogP contribution in [-0.2, 0) is 9.53 Å². The van der Waals surface area contributed by atoms with Gasteiger partial charge < -0.3 is 9.84 Å². The van der Waals surface area contributed by atoms with E-state index < -0.39 is 0 Å². The average molecular weight is 303 g/mol. The number of ether oxygens (including phenoxy) is 1. The minimum Gasteiger partial charge on any atom is -0.458 e. The van der Waals surface area contributed by atoms with Crippen molar-refractivity contribution in [1.82, 2.24) is 0 Å². The summed E-state index contributed by atoms with van der Waals surface area (Å²) in [5.41, 5.74) is 1.01. The summed E-state index contributed by atoms with van der Waals surface area (Å²) in [5, 5.41) is 9.13. The van der Waals surface area contributed by atoms with E-state index >= 15 is 0 Å². The number of allylic oxidation sites excluding steroid dienone is 3. The van der Waals surface area contributed by atoms with Crippen LogP contribution in [-0.4, -0.2) is 23.8 Å². The number of carbonyl (C=O) groups is 1. The zero-order valence-electron chi connectivity index (χ0n) is 10.4. The van der Waals surface area contributed by atoms with Crippen molar-refractivity contribution in [2.75, 3.05) is 6.61 Å². The van der Waals surface area contributed by atoms with E-state index in [9.17, 15) is 4.79 Å². The molecule has 0 spiro atoms. The van der Waals surface area contributed by atoms with E-state index in [0.717, 1.165) is 10.1 Å². The molecular weight excluding hydrogens is 284 g/mol. The maximum absolute atomic E-state index is 11.2. The van der Waals surface area contributed by atoms with Gasteiger partial charge in [-0.05, 0) is 37.8 Å². The minimum atomic E-state index is -0.379. The van der Waals surface area contributed by atoms with Gasteiger partial charge in [0, 0.05) is 6.08 Å². The molecule has 0 rings (SSSR count). The minimum absolute atomic E-state index is 0.261. The fourth-order valence-corrected chi connectivity index (χ4v) is 1.24. The Hall–Kier alpha value is -0.870. The highest BCUT2D eigenvalue weighted by molar-refractivity contribution is 9.11. The molecule has 0 aromatic carbocycles. The van der Waals surface area contributed by atoms with Crippen molar-refractivity contribution in [3.63, 3.8) is 0 Å². The molecule has 0 radical (unpaired) electrons. The standard InChI is InChI=1S/C13H19BrO3/c1-10(9-12(3)15)5-4-6-13(16)17-8-7-11(2)14/h4-7,12,15H,8-9H2,1-3H3/b6-4-,10-5+,11-7+. The monoisotopic (exact) mass is 302 g/mol. The molecule has 0 aliphatic rings. The maximum atomic E-state index is 11.2. The van der Waals surface area contributed by atoms with Crippen LogP contribution in [0.15, 0.2) is 34.4 Å². The summed E-state index contributed by atoms with van der Waals surface area (Å²) < 4.78 is 5.84. The van der Waals surface area contributed by atoms with Gasteiger partial charge in [0.2, 0.25) is 0 Å². The average Bonchev–Trinajstić information content (AvgIpc) is 2.15. The molecule has 1 unspecified atom stereocenters. The number of rotatable bonds is 6. The molecular formula is C13H19BrO3. The number of carbonyl (C=O) groups excluding carboxylic acids is 1. The number of hydrogen-bond donors (Lipinski definition) is 1. The summed E-state index contributed by atoms with van der Waals surface area (Å²) in [6, 6.07) is 0. The van der Waals surface area contributed by atoms with Gasteiger partial charge in [0.15, 0.2) is 0 Å². The third kappa shape index (κ3) is 11.4. The highest BCUT2D eigenvalue weighted by Crippen LogP contribution is 2.04. The molecule has 0 fully saturated rings. The Kier molecular flexibility index (Phi) is 8.72. The van der Waals surface area contributed by atoms with Gasteiger partial charge in [-0.15, -0.1) is 0 Å². The third-order valence-corrected chi connectivity index (χ3v) is 2.14. The van der Waals surface area contributed by atoms with Gasteiger partial charge in [-0.1, -0.05) is 33.7 Å². The summed E-state index contributed by atoms with van der Waals surface area (Å²) >= 11 is 3.24. The van der Waals surface area contributed by atoms with E-state index in [1.807, 2.05) is 13.8 Å². The number of esters is 1. The SMILES string of the molecule is C/C(Br)=C\COC(=O)/C=C\C=C(/C)CC(C)O. The molecule has 0 amide bonds. The van der Waals surface area contributed by atoms with Crippen molar-refractivity contribution < 1.29 is 14.6 Å². The lowest BCUT2D eigenvalue weighted by Crippen LogP contribution is -2.00. The summed E-state index contributed by atoms with van der Waals surface area (Å²) in [5.74, 6) is -0.379. The summed E-state index contributed by atoms with van der Waals surface area (Å²) in [6.07, 6.45) is 6.79. The van der Waals surface area contributed by atoms with Gasteiger partial charge in [0.05, 0.1) is 6.10 Å². The third-order valence-electron chi connectivity index (χ3n) is 1.82. The molecule has 0 bridgehead atoms. The van der Waals surface area contributed by atoms with Crippen LogP contribution in [0.1, 0.15) is 27.2 Å². The van der Waals surface area contributed by atoms with Crippen molar-refractivity contribution in [2.24, 2.45) is 0 Å². The van der Waals surface area contributed by atoms with Crippen LogP contribution in [0.25, 0.3) is 0 Å². The smallest absolute Gasteiger partial charge is 0.331 e. The molecule has 0 saturated carbocycles. The van der Waals surface area contributed by atoms with E-state index in [1.54, 1.807) is 25.2 Å². The molecule has 0 saturated heterocycles. The highest BCUT2D eigenvalue weighted by atomic mass is 79.9. The van der Waals surface area contributed by atoms with Gasteiger partial charge >= 0.3 is 5.97 Å². The quantitative estimate of drug-likeness (QED) is 0.466. The fourth-order valence-electron chi connectivity index (χ4n) is 1.11. The molecule has 1 N–H and O–H groups in total. The van der Waals surface area contributed by atoms with Gasteiger partial charge in [-0.3, -0.25) is 0 Å². The van der Waals surface area contributed by atoms with E-state index in [4.69, 9.17) is 9.84 Å². The Balaban J connectivity index is 3.99. The summed E-state index contributed by atoms with van der Waals surface area (Å²) in [4.78, 5) is 11.2. The first-order chi connectivity index (χ1) is 7.91. The Bertz CT molecular complexity index is 324. The lowest BCUT2D eigenvalue weighted by molar-refractivity contribution is -0.136. The normalized spacial score (nSPS) is 15.1. The summed E-state index contributed by atoms with van der Waals surface area (Å²) in [7, 11) is 0. The molecule has 0 heterocycles. The second-order valence-electron chi connectivity index (χ2n) is 3.85. The topological polar surface area (TPSA) is 46.5 Å². The second kappa shape index (κ2) is 9.19. The Morgan fingerprint density at radius 3 is 2.65 bits per heavy atom. The predicted molar refractivity (Wildman–Crippen MR) is 72.8 cm³/mol. The Labute approximate surface area is 111 Å². The lowest BCUT2D eigenvalue weighted by Gasteiger charge is -2.02. The second-order valence-corrected chi connectivity index (χ2v) is 5.10. The van der Waals surface area contributed by atoms with E-state index in [0.29, 0.717) is 6.42 Å². The van der Waals surface area contributed by atoms with E-state index in [-0.39, 0.29) is 18.7 Å². The number of aliphatic hydroxyl groups excluding tert-OH is 1. The highest BCUT2D eigenvalue weighted by Gasteiger charge is 1.96. The van der Waals surface area contributed by atoms with Crippen LogP contribution in [0.2, 0.25) is 0 Å². The predicted octanol–water partition coefficient (Wildman–Crippen LogP) is 3.10. The van der Waals surface area contributed by atoms with Crippen molar-refractivity contribution in [2.45, 2.75) is 33.3 Å². The first-order valence-corrected chi connectivity index (χ1v) is 6.22. The van der Waals surface area contributed by atoms with Crippen LogP contribution in [0.4, 0.5) is 0 Å². The maximum Gasteiger partial charge on any atom is 0.331 e. The van der Waals surface area contributed by atoms with Gasteiger partial charge in [-0.25, -0.2) is 4.79 Å². The fraction of sp³-hybridized carbons (Fsp3) is 0.462. The number of hydrogen-bond acceptors (Lipinski definition) is 3. The Morgan fingerprint density at radius 2 is 2.12 bits per heavy atom. The molecule has 0 aromatic rings. The number of halogens is 1. The van der Waals surface area contributed by atoms with Crippen molar-refractivity contribution in [3.05, 3.63) is 34.4 Å². The van der Waals surface area contributed by atoms with Crippen LogP contribution < -0.4 is 0 Å². The van der Waals surface area contributed by atoms with Crippen molar-refractivity contribution in [3.8, 4) is 0 Å². The molecule has 0 aliphatic carbocycles. The first kappa shape index (κ1) is 16.1. The van der Waals surface area contributed by atoms with Gasteiger partial charge in [0.1, 0.15) is 6.61 Å². The summed E-state index contributed by atoms with van der Waals surface area (Å²) in [6.45, 7) is 5.76. The van der Waals surface area contributed by atoms with E-state index in [1.165, 1.54) is 6.08 Å². The molecule has 0 aliphatic heterocycles. The molecule has 4 heteroatoms. The largest absolute Gasteiger partial charge is 0.458 e. The molecule has 96 valence electrons. The first-order valence-electron chi connectivity index (χ1n) is 5.42. The van der Waals surface area contributed by atoms with Crippen LogP contribution in [0.3, 0.4) is 0 Å². The zero-order valence-corrected chi connectivity index (χ0v) is 12.0. The van der Waals surface area contributed by atoms with Crippen LogP contribution >= 0.6 is 15.9 Å². The molecule has 0 aromatic heterocycles. The molecule has 3 nitrogen and oxygen atoms in total. The van der Waals surface area contributed by atoms with Crippen molar-refractivity contribution >= 4 is 21.9 Å². The number of aliphatic hydroxyl groups is 1. The van der Waals surface area contributed by atoms with Crippen LogP contribution in [0, 0.1) is 0 Å². The van der Waals surface area contributed by atoms with E-state index in [2.05, 4.69) is 15.9 Å². The van der Waals surface area contributed by atoms with Gasteiger partial charge in [-0.2, -0.15) is 0 Å². The van der Waals surface area contributed by atoms with Crippen LogP contribution in [0.5, 0.6) is 0 Å². The zero-order chi connectivity index (χ0) is 13.3. The lowest BCUT2D eigenvalue weighted by atomic mass is 10.1. The van der Waals surface area contributed by atoms with Crippen molar-refractivity contribution in [1.29, 1.82) is 0 Å². The Morgan fingerprint density at radius 1 is 1.47 bits per heavy atom.